The third-order valence-electron chi connectivity index (χ3n) is 1.67. The standard InChI is InChI=1S/C7H11N3O2/c8-3-6-4-10(1-2-12-6)5-7(9)11/h6H,1-2,4-5H2,(H2,9,11). The number of ether oxygens (including phenoxy) is 1. The molecule has 1 aliphatic rings. The van der Waals surface area contributed by atoms with E-state index in [0.29, 0.717) is 19.7 Å². The van der Waals surface area contributed by atoms with E-state index in [-0.39, 0.29) is 12.5 Å². The molecule has 1 heterocycles. The number of nitrogens with two attached hydrogens (primary N) is 1. The summed E-state index contributed by atoms with van der Waals surface area (Å²) in [5.74, 6) is -0.367. The Hall–Kier alpha value is -1.12. The third kappa shape index (κ3) is 2.49. The second kappa shape index (κ2) is 4.04. The molecule has 1 saturated heterocycles. The highest BCUT2D eigenvalue weighted by molar-refractivity contribution is 5.75. The monoisotopic (exact) mass is 169 g/mol. The van der Waals surface area contributed by atoms with E-state index < -0.39 is 6.10 Å². The molecular weight excluding hydrogens is 158 g/mol. The zero-order chi connectivity index (χ0) is 8.97. The topological polar surface area (TPSA) is 79.4 Å². The van der Waals surface area contributed by atoms with Crippen LogP contribution in [0.15, 0.2) is 0 Å². The van der Waals surface area contributed by atoms with Crippen LogP contribution in [0.4, 0.5) is 0 Å². The molecule has 12 heavy (non-hydrogen) atoms. The summed E-state index contributed by atoms with van der Waals surface area (Å²) in [4.78, 5) is 12.3. The quantitative estimate of drug-likeness (QED) is 0.557. The number of carbonyl (C=O) groups is 1. The summed E-state index contributed by atoms with van der Waals surface area (Å²) in [5.41, 5.74) is 5.01. The molecule has 1 unspecified atom stereocenters. The lowest BCUT2D eigenvalue weighted by Gasteiger charge is -2.28. The van der Waals surface area contributed by atoms with Gasteiger partial charge in [0.25, 0.3) is 0 Å². The summed E-state index contributed by atoms with van der Waals surface area (Å²) in [7, 11) is 0. The largest absolute Gasteiger partial charge is 0.369 e. The molecule has 1 amide bonds. The van der Waals surface area contributed by atoms with E-state index in [0.717, 1.165) is 0 Å². The fourth-order valence-corrected chi connectivity index (χ4v) is 1.14. The summed E-state index contributed by atoms with van der Waals surface area (Å²) in [6.45, 7) is 1.84. The Kier molecular flexibility index (Phi) is 3.02. The second-order valence-corrected chi connectivity index (χ2v) is 2.69. The van der Waals surface area contributed by atoms with Crippen LogP contribution in [-0.2, 0) is 9.53 Å². The number of morpholine rings is 1. The first-order chi connectivity index (χ1) is 5.72. The van der Waals surface area contributed by atoms with Crippen LogP contribution in [0, 0.1) is 11.3 Å². The highest BCUT2D eigenvalue weighted by atomic mass is 16.5. The van der Waals surface area contributed by atoms with Gasteiger partial charge in [-0.15, -0.1) is 0 Å². The van der Waals surface area contributed by atoms with E-state index in [4.69, 9.17) is 15.7 Å². The summed E-state index contributed by atoms with van der Waals surface area (Å²) < 4.78 is 5.08. The van der Waals surface area contributed by atoms with Crippen LogP contribution < -0.4 is 5.73 Å². The Morgan fingerprint density at radius 3 is 3.17 bits per heavy atom. The number of amides is 1. The number of primary amides is 1. The molecular formula is C7H11N3O2. The molecule has 0 saturated carbocycles. The maximum Gasteiger partial charge on any atom is 0.231 e. The minimum atomic E-state index is -0.418. The number of rotatable bonds is 2. The molecule has 5 nitrogen and oxygen atoms in total. The van der Waals surface area contributed by atoms with Crippen molar-refractivity contribution in [2.24, 2.45) is 5.73 Å². The maximum absolute atomic E-state index is 10.5. The average Bonchev–Trinajstić information content (AvgIpc) is 2.03. The van der Waals surface area contributed by atoms with Crippen LogP contribution in [0.3, 0.4) is 0 Å². The number of carbonyl (C=O) groups excluding carboxylic acids is 1. The highest BCUT2D eigenvalue weighted by Gasteiger charge is 2.20. The van der Waals surface area contributed by atoms with Crippen LogP contribution >= 0.6 is 0 Å². The van der Waals surface area contributed by atoms with Crippen molar-refractivity contribution in [2.45, 2.75) is 6.10 Å². The van der Waals surface area contributed by atoms with Crippen molar-refractivity contribution in [3.05, 3.63) is 0 Å². The van der Waals surface area contributed by atoms with E-state index in [1.54, 1.807) is 0 Å². The molecule has 2 N–H and O–H groups in total. The van der Waals surface area contributed by atoms with Crippen molar-refractivity contribution in [3.63, 3.8) is 0 Å². The van der Waals surface area contributed by atoms with E-state index in [1.807, 2.05) is 11.0 Å². The Morgan fingerprint density at radius 1 is 1.83 bits per heavy atom. The van der Waals surface area contributed by atoms with Crippen molar-refractivity contribution < 1.29 is 9.53 Å². The van der Waals surface area contributed by atoms with Crippen LogP contribution in [0.2, 0.25) is 0 Å². The number of nitrogens with zero attached hydrogens (tertiary/aromatic N) is 2. The minimum Gasteiger partial charge on any atom is -0.369 e. The molecule has 66 valence electrons. The van der Waals surface area contributed by atoms with Gasteiger partial charge in [0.2, 0.25) is 5.91 Å². The summed E-state index contributed by atoms with van der Waals surface area (Å²) >= 11 is 0. The smallest absolute Gasteiger partial charge is 0.231 e. The number of hydrogen-bond donors (Lipinski definition) is 1. The van der Waals surface area contributed by atoms with E-state index in [1.165, 1.54) is 0 Å². The Morgan fingerprint density at radius 2 is 2.58 bits per heavy atom. The molecule has 0 spiro atoms. The van der Waals surface area contributed by atoms with E-state index in [9.17, 15) is 4.79 Å². The van der Waals surface area contributed by atoms with Crippen LogP contribution in [0.5, 0.6) is 0 Å². The van der Waals surface area contributed by atoms with Gasteiger partial charge in [-0.3, -0.25) is 9.69 Å². The van der Waals surface area contributed by atoms with Crippen LogP contribution in [0.1, 0.15) is 0 Å². The SMILES string of the molecule is N#CC1CN(CC(N)=O)CCO1. The van der Waals surface area contributed by atoms with Crippen molar-refractivity contribution in [1.82, 2.24) is 4.90 Å². The second-order valence-electron chi connectivity index (χ2n) is 2.69. The van der Waals surface area contributed by atoms with Gasteiger partial charge in [-0.25, -0.2) is 0 Å². The van der Waals surface area contributed by atoms with Crippen molar-refractivity contribution in [1.29, 1.82) is 5.26 Å². The predicted molar refractivity (Wildman–Crippen MR) is 41.0 cm³/mol. The van der Waals surface area contributed by atoms with Gasteiger partial charge in [-0.05, 0) is 0 Å². The molecule has 0 aromatic heterocycles. The van der Waals surface area contributed by atoms with E-state index in [2.05, 4.69) is 0 Å². The van der Waals surface area contributed by atoms with Gasteiger partial charge < -0.3 is 10.5 Å². The fourth-order valence-electron chi connectivity index (χ4n) is 1.14. The average molecular weight is 169 g/mol. The molecule has 1 rings (SSSR count). The minimum absolute atomic E-state index is 0.210. The maximum atomic E-state index is 10.5. The molecule has 1 fully saturated rings. The molecule has 1 atom stereocenters. The molecule has 0 radical (unpaired) electrons. The van der Waals surface area contributed by atoms with Gasteiger partial charge in [-0.1, -0.05) is 0 Å². The number of nitriles is 1. The van der Waals surface area contributed by atoms with Crippen molar-refractivity contribution in [3.8, 4) is 6.07 Å². The molecule has 5 heteroatoms. The van der Waals surface area contributed by atoms with Crippen LogP contribution in [0.25, 0.3) is 0 Å². The van der Waals surface area contributed by atoms with Crippen molar-refractivity contribution >= 4 is 5.91 Å². The molecule has 1 aliphatic heterocycles. The summed E-state index contributed by atoms with van der Waals surface area (Å²) in [5, 5.41) is 8.53. The van der Waals surface area contributed by atoms with Crippen LogP contribution in [-0.4, -0.2) is 43.2 Å². The first-order valence-electron chi connectivity index (χ1n) is 3.74. The Balaban J connectivity index is 2.36. The van der Waals surface area contributed by atoms with Gasteiger partial charge in [-0.2, -0.15) is 5.26 Å². The zero-order valence-corrected chi connectivity index (χ0v) is 6.69. The molecule has 0 aromatic rings. The molecule has 0 aromatic carbocycles. The zero-order valence-electron chi connectivity index (χ0n) is 6.69. The Bertz CT molecular complexity index is 211. The van der Waals surface area contributed by atoms with Gasteiger partial charge in [0.15, 0.2) is 6.10 Å². The predicted octanol–water partition coefficient (Wildman–Crippen LogP) is -1.30. The third-order valence-corrected chi connectivity index (χ3v) is 1.67. The van der Waals surface area contributed by atoms with Gasteiger partial charge in [0.1, 0.15) is 0 Å². The lowest BCUT2D eigenvalue weighted by atomic mass is 10.3. The van der Waals surface area contributed by atoms with E-state index >= 15 is 0 Å². The van der Waals surface area contributed by atoms with Crippen molar-refractivity contribution in [2.75, 3.05) is 26.2 Å². The fraction of sp³-hybridized carbons (Fsp3) is 0.714. The first kappa shape index (κ1) is 8.97. The Labute approximate surface area is 70.7 Å². The summed E-state index contributed by atoms with van der Waals surface area (Å²) in [6.07, 6.45) is -0.418. The van der Waals surface area contributed by atoms with Gasteiger partial charge in [0.05, 0.1) is 19.2 Å². The molecule has 0 aliphatic carbocycles. The summed E-state index contributed by atoms with van der Waals surface area (Å²) in [6, 6.07) is 1.99. The highest BCUT2D eigenvalue weighted by Crippen LogP contribution is 2.02. The number of hydrogen-bond acceptors (Lipinski definition) is 4. The van der Waals surface area contributed by atoms with Gasteiger partial charge in [0, 0.05) is 13.1 Å². The lowest BCUT2D eigenvalue weighted by Crippen LogP contribution is -2.45. The lowest BCUT2D eigenvalue weighted by molar-refractivity contribution is -0.120. The first-order valence-corrected chi connectivity index (χ1v) is 3.74. The van der Waals surface area contributed by atoms with Gasteiger partial charge >= 0.3 is 0 Å². The normalized spacial score (nSPS) is 24.8. The molecule has 0 bridgehead atoms.